The molecule has 3 atom stereocenters. The number of benzene rings is 1. The molecular weight excluding hydrogens is 310 g/mol. The molecule has 4 rings (SSSR count). The Balaban J connectivity index is 1.58. The Kier molecular flexibility index (Phi) is 4.03. The quantitative estimate of drug-likeness (QED) is 0.793. The lowest BCUT2D eigenvalue weighted by atomic mass is 9.93. The molecule has 2 heterocycles. The molecule has 130 valence electrons. The van der Waals surface area contributed by atoms with E-state index in [0.29, 0.717) is 0 Å². The van der Waals surface area contributed by atoms with E-state index in [-0.39, 0.29) is 23.5 Å². The molecule has 0 aromatic heterocycles. The van der Waals surface area contributed by atoms with E-state index >= 15 is 0 Å². The van der Waals surface area contributed by atoms with Gasteiger partial charge in [-0.1, -0.05) is 49.6 Å². The molecule has 1 aromatic rings. The molecule has 0 spiro atoms. The maximum atomic E-state index is 13.4. The van der Waals surface area contributed by atoms with E-state index < -0.39 is 0 Å². The van der Waals surface area contributed by atoms with Crippen molar-refractivity contribution in [2.24, 2.45) is 10.9 Å². The van der Waals surface area contributed by atoms with Gasteiger partial charge >= 0.3 is 0 Å². The maximum Gasteiger partial charge on any atom is 0.249 e. The fraction of sp³-hybridized carbons (Fsp3) is 0.524. The standard InChI is InChI=1S/C21H25N3O/c1-3-16-10-12-23(13-11-16)20(25)19(17-8-6-5-7-9-17)24-15-22-21(4-2)14-18(21)24/h2,5-9,15-16,18-19H,3,10-14H2,1H3. The number of hydrogen-bond donors (Lipinski definition) is 0. The van der Waals surface area contributed by atoms with Gasteiger partial charge in [0.25, 0.3) is 0 Å². The van der Waals surface area contributed by atoms with E-state index in [1.54, 1.807) is 0 Å². The highest BCUT2D eigenvalue weighted by atomic mass is 16.2. The fourth-order valence-electron chi connectivity index (χ4n) is 4.23. The SMILES string of the molecule is C#CC12CC1N(C(C(=O)N1CCC(CC)CC1)c1ccccc1)C=N2. The summed E-state index contributed by atoms with van der Waals surface area (Å²) in [5.74, 6) is 3.76. The highest BCUT2D eigenvalue weighted by Gasteiger charge is 2.61. The van der Waals surface area contributed by atoms with Crippen LogP contribution in [-0.2, 0) is 4.79 Å². The van der Waals surface area contributed by atoms with Crippen molar-refractivity contribution in [2.45, 2.75) is 50.2 Å². The summed E-state index contributed by atoms with van der Waals surface area (Å²) >= 11 is 0. The van der Waals surface area contributed by atoms with Gasteiger partial charge in [-0.3, -0.25) is 9.79 Å². The van der Waals surface area contributed by atoms with E-state index in [1.807, 2.05) is 41.6 Å². The number of likely N-dealkylation sites (tertiary alicyclic amines) is 1. The minimum Gasteiger partial charge on any atom is -0.341 e. The summed E-state index contributed by atoms with van der Waals surface area (Å²) in [4.78, 5) is 22.1. The number of nitrogens with zero attached hydrogens (tertiary/aromatic N) is 3. The highest BCUT2D eigenvalue weighted by molar-refractivity contribution is 5.87. The Hall–Kier alpha value is -2.28. The lowest BCUT2D eigenvalue weighted by Crippen LogP contribution is -2.46. The van der Waals surface area contributed by atoms with Crippen LogP contribution in [0.5, 0.6) is 0 Å². The van der Waals surface area contributed by atoms with Crippen LogP contribution < -0.4 is 0 Å². The fourth-order valence-corrected chi connectivity index (χ4v) is 4.23. The Bertz CT molecular complexity index is 714. The van der Waals surface area contributed by atoms with Crippen molar-refractivity contribution in [3.8, 4) is 12.3 Å². The minimum atomic E-state index is -0.386. The largest absolute Gasteiger partial charge is 0.341 e. The smallest absolute Gasteiger partial charge is 0.249 e. The number of piperidine rings is 1. The molecule has 0 bridgehead atoms. The Morgan fingerprint density at radius 1 is 1.36 bits per heavy atom. The molecule has 0 N–H and O–H groups in total. The minimum absolute atomic E-state index is 0.167. The summed E-state index contributed by atoms with van der Waals surface area (Å²) in [5, 5.41) is 0. The Morgan fingerprint density at radius 3 is 2.64 bits per heavy atom. The number of aliphatic imine (C=N–C) groups is 1. The van der Waals surface area contributed by atoms with Crippen molar-refractivity contribution < 1.29 is 4.79 Å². The molecule has 1 aliphatic carbocycles. The van der Waals surface area contributed by atoms with E-state index in [0.717, 1.165) is 43.8 Å². The summed E-state index contributed by atoms with van der Waals surface area (Å²) < 4.78 is 0. The number of amides is 1. The average molecular weight is 335 g/mol. The summed E-state index contributed by atoms with van der Waals surface area (Å²) in [6.07, 6.45) is 11.8. The first kappa shape index (κ1) is 16.2. The maximum absolute atomic E-state index is 13.4. The lowest BCUT2D eigenvalue weighted by Gasteiger charge is -2.37. The molecule has 4 heteroatoms. The molecule has 1 amide bonds. The van der Waals surface area contributed by atoms with Gasteiger partial charge in [-0.15, -0.1) is 6.42 Å². The number of carbonyl (C=O) groups excluding carboxylic acids is 1. The van der Waals surface area contributed by atoms with E-state index in [2.05, 4.69) is 22.7 Å². The van der Waals surface area contributed by atoms with Crippen LogP contribution in [0.1, 0.15) is 44.2 Å². The Morgan fingerprint density at radius 2 is 2.08 bits per heavy atom. The predicted octanol–water partition coefficient (Wildman–Crippen LogP) is 2.86. The molecule has 1 saturated heterocycles. The van der Waals surface area contributed by atoms with Gasteiger partial charge in [-0.25, -0.2) is 0 Å². The summed E-state index contributed by atoms with van der Waals surface area (Å²) in [6.45, 7) is 3.95. The van der Waals surface area contributed by atoms with Crippen LogP contribution in [-0.4, -0.2) is 46.7 Å². The van der Waals surface area contributed by atoms with Crippen molar-refractivity contribution in [3.05, 3.63) is 35.9 Å². The molecule has 1 saturated carbocycles. The van der Waals surface area contributed by atoms with Gasteiger partial charge in [0.15, 0.2) is 0 Å². The van der Waals surface area contributed by atoms with E-state index in [9.17, 15) is 4.79 Å². The summed E-state index contributed by atoms with van der Waals surface area (Å²) in [5.41, 5.74) is 0.638. The average Bonchev–Trinajstić information content (AvgIpc) is 3.30. The summed E-state index contributed by atoms with van der Waals surface area (Å²) in [6, 6.07) is 9.89. The molecule has 3 aliphatic rings. The highest BCUT2D eigenvalue weighted by Crippen LogP contribution is 2.50. The van der Waals surface area contributed by atoms with Crippen LogP contribution in [0.2, 0.25) is 0 Å². The molecule has 1 aromatic carbocycles. The zero-order valence-corrected chi connectivity index (χ0v) is 14.8. The predicted molar refractivity (Wildman–Crippen MR) is 99.1 cm³/mol. The topological polar surface area (TPSA) is 35.9 Å². The number of hydrogen-bond acceptors (Lipinski definition) is 3. The number of fused-ring (bicyclic) bond motifs is 1. The second-order valence-electron chi connectivity index (χ2n) is 7.47. The van der Waals surface area contributed by atoms with Gasteiger partial charge in [0.2, 0.25) is 5.91 Å². The first-order valence-corrected chi connectivity index (χ1v) is 9.33. The van der Waals surface area contributed by atoms with Crippen molar-refractivity contribution in [3.63, 3.8) is 0 Å². The molecular formula is C21H25N3O. The van der Waals surface area contributed by atoms with Crippen LogP contribution in [0.25, 0.3) is 0 Å². The molecule has 2 aliphatic heterocycles. The zero-order valence-electron chi connectivity index (χ0n) is 14.8. The van der Waals surface area contributed by atoms with Gasteiger partial charge in [0.1, 0.15) is 11.6 Å². The zero-order chi connectivity index (χ0) is 17.4. The van der Waals surface area contributed by atoms with Crippen molar-refractivity contribution >= 4 is 12.2 Å². The third kappa shape index (κ3) is 2.72. The van der Waals surface area contributed by atoms with Gasteiger partial charge in [-0.05, 0) is 24.3 Å². The van der Waals surface area contributed by atoms with Gasteiger partial charge < -0.3 is 9.80 Å². The second kappa shape index (κ2) is 6.22. The van der Waals surface area contributed by atoms with Gasteiger partial charge in [0, 0.05) is 19.5 Å². The van der Waals surface area contributed by atoms with Crippen LogP contribution >= 0.6 is 0 Å². The van der Waals surface area contributed by atoms with Gasteiger partial charge in [-0.2, -0.15) is 0 Å². The molecule has 25 heavy (non-hydrogen) atoms. The summed E-state index contributed by atoms with van der Waals surface area (Å²) in [7, 11) is 0. The molecule has 4 nitrogen and oxygen atoms in total. The number of terminal acetylenes is 1. The molecule has 3 unspecified atom stereocenters. The molecule has 2 fully saturated rings. The van der Waals surface area contributed by atoms with Crippen molar-refractivity contribution in [1.82, 2.24) is 9.80 Å². The van der Waals surface area contributed by atoms with Crippen LogP contribution in [0, 0.1) is 18.3 Å². The van der Waals surface area contributed by atoms with E-state index in [4.69, 9.17) is 6.42 Å². The Labute approximate surface area is 149 Å². The normalized spacial score (nSPS) is 29.2. The first-order valence-electron chi connectivity index (χ1n) is 9.33. The molecule has 0 radical (unpaired) electrons. The third-order valence-electron chi connectivity index (χ3n) is 6.08. The van der Waals surface area contributed by atoms with Crippen LogP contribution in [0.4, 0.5) is 0 Å². The van der Waals surface area contributed by atoms with Crippen LogP contribution in [0.15, 0.2) is 35.3 Å². The second-order valence-corrected chi connectivity index (χ2v) is 7.47. The van der Waals surface area contributed by atoms with Crippen molar-refractivity contribution in [1.29, 1.82) is 0 Å². The number of carbonyl (C=O) groups is 1. The van der Waals surface area contributed by atoms with Gasteiger partial charge in [0.05, 0.1) is 12.4 Å². The van der Waals surface area contributed by atoms with Crippen molar-refractivity contribution in [2.75, 3.05) is 13.1 Å². The lowest BCUT2D eigenvalue weighted by molar-refractivity contribution is -0.137. The van der Waals surface area contributed by atoms with Crippen LogP contribution in [0.3, 0.4) is 0 Å². The third-order valence-corrected chi connectivity index (χ3v) is 6.08. The van der Waals surface area contributed by atoms with E-state index in [1.165, 1.54) is 6.42 Å². The number of rotatable bonds is 4. The first-order chi connectivity index (χ1) is 12.2. The monoisotopic (exact) mass is 335 g/mol.